The molecule has 9 heteroatoms. The molecule has 2 heterocycles. The second-order valence-electron chi connectivity index (χ2n) is 7.39. The predicted molar refractivity (Wildman–Crippen MR) is 120 cm³/mol. The van der Waals surface area contributed by atoms with Gasteiger partial charge in [-0.15, -0.1) is 11.3 Å². The summed E-state index contributed by atoms with van der Waals surface area (Å²) in [6, 6.07) is 16.9. The Balaban J connectivity index is 1.72. The van der Waals surface area contributed by atoms with Crippen LogP contribution in [0.4, 0.5) is 5.69 Å². The molecule has 1 aliphatic rings. The van der Waals surface area contributed by atoms with Gasteiger partial charge in [0.1, 0.15) is 6.04 Å². The number of nitrogens with zero attached hydrogens (tertiary/aromatic N) is 3. The van der Waals surface area contributed by atoms with Crippen LogP contribution in [0.25, 0.3) is 0 Å². The summed E-state index contributed by atoms with van der Waals surface area (Å²) in [4.78, 5) is 27.9. The molecule has 0 saturated carbocycles. The number of sulfonamides is 1. The fourth-order valence-electron chi connectivity index (χ4n) is 3.56. The Morgan fingerprint density at radius 2 is 1.78 bits per heavy atom. The van der Waals surface area contributed by atoms with Crippen molar-refractivity contribution >= 4 is 38.9 Å². The van der Waals surface area contributed by atoms with Crippen LogP contribution in [0.3, 0.4) is 0 Å². The summed E-state index contributed by atoms with van der Waals surface area (Å²) >= 11 is 1.38. The molecule has 162 valence electrons. The smallest absolute Gasteiger partial charge is 0.252 e. The molecule has 1 fully saturated rings. The topological polar surface area (TPSA) is 98.6 Å². The molecule has 0 N–H and O–H groups in total. The van der Waals surface area contributed by atoms with E-state index in [0.717, 1.165) is 19.6 Å². The summed E-state index contributed by atoms with van der Waals surface area (Å²) in [5.41, 5.74) is 1.61. The van der Waals surface area contributed by atoms with E-state index in [4.69, 9.17) is 5.26 Å². The third-order valence-electron chi connectivity index (χ3n) is 5.24. The molecular formula is C23H19N3O4S2. The van der Waals surface area contributed by atoms with Crippen LogP contribution in [0.5, 0.6) is 0 Å². The molecule has 4 rings (SSSR count). The number of benzene rings is 2. The zero-order valence-corrected chi connectivity index (χ0v) is 18.8. The van der Waals surface area contributed by atoms with Gasteiger partial charge >= 0.3 is 0 Å². The Morgan fingerprint density at radius 1 is 1.09 bits per heavy atom. The maximum atomic E-state index is 13.5. The number of rotatable bonds is 6. The van der Waals surface area contributed by atoms with Crippen LogP contribution in [0, 0.1) is 18.3 Å². The Morgan fingerprint density at radius 3 is 2.38 bits per heavy atom. The molecule has 0 spiro atoms. The van der Waals surface area contributed by atoms with Crippen molar-refractivity contribution in [3.8, 4) is 6.07 Å². The molecular weight excluding hydrogens is 446 g/mol. The van der Waals surface area contributed by atoms with Gasteiger partial charge in [-0.05, 0) is 54.8 Å². The van der Waals surface area contributed by atoms with E-state index >= 15 is 0 Å². The minimum Gasteiger partial charge on any atom is -0.274 e. The quantitative estimate of drug-likeness (QED) is 0.519. The first kappa shape index (κ1) is 21.9. The van der Waals surface area contributed by atoms with Gasteiger partial charge in [-0.25, -0.2) is 13.3 Å². The van der Waals surface area contributed by atoms with Gasteiger partial charge in [-0.1, -0.05) is 23.8 Å². The minimum atomic E-state index is -4.05. The third-order valence-corrected chi connectivity index (χ3v) is 7.97. The first-order chi connectivity index (χ1) is 15.3. The van der Waals surface area contributed by atoms with Crippen LogP contribution >= 0.6 is 11.3 Å². The Kier molecular flexibility index (Phi) is 5.93. The van der Waals surface area contributed by atoms with E-state index in [1.54, 1.807) is 24.3 Å². The highest BCUT2D eigenvalue weighted by atomic mass is 32.2. The van der Waals surface area contributed by atoms with Crippen molar-refractivity contribution in [1.82, 2.24) is 4.31 Å². The van der Waals surface area contributed by atoms with Gasteiger partial charge in [0.05, 0.1) is 28.6 Å². The number of aryl methyl sites for hydroxylation is 1. The van der Waals surface area contributed by atoms with E-state index in [1.807, 2.05) is 18.4 Å². The van der Waals surface area contributed by atoms with Crippen molar-refractivity contribution in [3.05, 3.63) is 82.0 Å². The first-order valence-corrected chi connectivity index (χ1v) is 12.1. The minimum absolute atomic E-state index is 0.0151. The lowest BCUT2D eigenvalue weighted by Crippen LogP contribution is -2.44. The molecule has 7 nitrogen and oxygen atoms in total. The highest BCUT2D eigenvalue weighted by Gasteiger charge is 2.47. The SMILES string of the molecule is Cc1ccc(S(=O)(=O)N(Cc2cccs2)C2CC(=O)N(c3ccc(C#N)cc3)C2=O)cc1. The third kappa shape index (κ3) is 4.08. The highest BCUT2D eigenvalue weighted by Crippen LogP contribution is 2.31. The number of hydrogen-bond donors (Lipinski definition) is 0. The van der Waals surface area contributed by atoms with Gasteiger partial charge in [-0.2, -0.15) is 9.57 Å². The predicted octanol–water partition coefficient (Wildman–Crippen LogP) is 3.45. The van der Waals surface area contributed by atoms with E-state index in [1.165, 1.54) is 47.7 Å². The summed E-state index contributed by atoms with van der Waals surface area (Å²) < 4.78 is 28.2. The average Bonchev–Trinajstić information content (AvgIpc) is 3.40. The summed E-state index contributed by atoms with van der Waals surface area (Å²) in [5.74, 6) is -1.09. The lowest BCUT2D eigenvalue weighted by molar-refractivity contribution is -0.122. The van der Waals surface area contributed by atoms with Crippen molar-refractivity contribution in [2.45, 2.75) is 30.8 Å². The fourth-order valence-corrected chi connectivity index (χ4v) is 5.91. The zero-order valence-electron chi connectivity index (χ0n) is 17.1. The molecule has 1 aromatic heterocycles. The van der Waals surface area contributed by atoms with Gasteiger partial charge in [0.2, 0.25) is 15.9 Å². The monoisotopic (exact) mass is 465 g/mol. The van der Waals surface area contributed by atoms with E-state index in [-0.39, 0.29) is 17.9 Å². The molecule has 1 saturated heterocycles. The van der Waals surface area contributed by atoms with Gasteiger partial charge < -0.3 is 0 Å². The summed E-state index contributed by atoms with van der Waals surface area (Å²) in [7, 11) is -4.05. The number of anilines is 1. The van der Waals surface area contributed by atoms with Gasteiger partial charge in [-0.3, -0.25) is 9.59 Å². The normalized spacial score (nSPS) is 16.5. The van der Waals surface area contributed by atoms with Crippen LogP contribution in [0.2, 0.25) is 0 Å². The molecule has 1 atom stereocenters. The van der Waals surface area contributed by atoms with E-state index in [0.29, 0.717) is 11.3 Å². The number of imide groups is 1. The van der Waals surface area contributed by atoms with Gasteiger partial charge in [0, 0.05) is 11.4 Å². The van der Waals surface area contributed by atoms with E-state index < -0.39 is 27.9 Å². The fraction of sp³-hybridized carbons (Fsp3) is 0.174. The summed E-state index contributed by atoms with van der Waals surface area (Å²) in [6.07, 6.45) is -0.255. The maximum absolute atomic E-state index is 13.5. The molecule has 0 aliphatic carbocycles. The first-order valence-electron chi connectivity index (χ1n) is 9.79. The van der Waals surface area contributed by atoms with Crippen LogP contribution in [0.15, 0.2) is 70.9 Å². The van der Waals surface area contributed by atoms with Crippen molar-refractivity contribution < 1.29 is 18.0 Å². The number of carbonyl (C=O) groups excluding carboxylic acids is 2. The lowest BCUT2D eigenvalue weighted by atomic mass is 10.2. The molecule has 2 amide bonds. The van der Waals surface area contributed by atoms with Crippen LogP contribution in [0.1, 0.15) is 22.4 Å². The van der Waals surface area contributed by atoms with Crippen molar-refractivity contribution in [3.63, 3.8) is 0 Å². The summed E-state index contributed by atoms with van der Waals surface area (Å²) in [6.45, 7) is 1.84. The second-order valence-corrected chi connectivity index (χ2v) is 10.3. The molecule has 32 heavy (non-hydrogen) atoms. The molecule has 2 aromatic carbocycles. The zero-order chi connectivity index (χ0) is 22.9. The van der Waals surface area contributed by atoms with Gasteiger partial charge in [0.15, 0.2) is 0 Å². The highest BCUT2D eigenvalue weighted by molar-refractivity contribution is 7.89. The standard InChI is InChI=1S/C23H19N3O4S2/c1-16-4-10-20(11-5-16)32(29,30)25(15-19-3-2-12-31-19)21-13-22(27)26(23(21)28)18-8-6-17(14-24)7-9-18/h2-12,21H,13,15H2,1H3. The molecule has 0 bridgehead atoms. The van der Waals surface area contributed by atoms with E-state index in [2.05, 4.69) is 0 Å². The Hall–Kier alpha value is -3.32. The summed E-state index contributed by atoms with van der Waals surface area (Å²) in [5, 5.41) is 10.8. The van der Waals surface area contributed by atoms with Crippen molar-refractivity contribution in [1.29, 1.82) is 5.26 Å². The molecule has 1 unspecified atom stereocenters. The van der Waals surface area contributed by atoms with Crippen LogP contribution < -0.4 is 4.90 Å². The second kappa shape index (κ2) is 8.67. The average molecular weight is 466 g/mol. The molecule has 0 radical (unpaired) electrons. The van der Waals surface area contributed by atoms with Crippen molar-refractivity contribution in [2.75, 3.05) is 4.90 Å². The number of amides is 2. The molecule has 1 aliphatic heterocycles. The number of thiophene rings is 1. The number of hydrogen-bond acceptors (Lipinski definition) is 6. The number of nitriles is 1. The van der Waals surface area contributed by atoms with Gasteiger partial charge in [0.25, 0.3) is 5.91 Å². The maximum Gasteiger partial charge on any atom is 0.252 e. The molecule has 3 aromatic rings. The van der Waals surface area contributed by atoms with Crippen LogP contribution in [-0.2, 0) is 26.2 Å². The Bertz CT molecular complexity index is 1290. The van der Waals surface area contributed by atoms with Crippen LogP contribution in [-0.4, -0.2) is 30.6 Å². The van der Waals surface area contributed by atoms with Crippen molar-refractivity contribution in [2.24, 2.45) is 0 Å². The Labute approximate surface area is 190 Å². The number of carbonyl (C=O) groups is 2. The lowest BCUT2D eigenvalue weighted by Gasteiger charge is -2.26. The largest absolute Gasteiger partial charge is 0.274 e. The van der Waals surface area contributed by atoms with E-state index in [9.17, 15) is 18.0 Å².